The highest BCUT2D eigenvalue weighted by atomic mass is 32.2. The van der Waals surface area contributed by atoms with Crippen molar-refractivity contribution in [1.82, 2.24) is 4.90 Å². The summed E-state index contributed by atoms with van der Waals surface area (Å²) in [5, 5.41) is 1.92. The molecule has 1 unspecified atom stereocenters. The normalized spacial score (nSPS) is 17.8. The largest absolute Gasteiger partial charge is 0.416 e. The number of alkyl halides is 3. The van der Waals surface area contributed by atoms with Gasteiger partial charge in [0, 0.05) is 18.7 Å². The standard InChI is InChI=1S/C21H17F4N3O2S/c1-2-10-28-19(30)17(31-20(28)27-15-8-6-14(22)7-9-15)12-18(29)26-16-5-3-4-13(11-16)21(23,24)25/h2-9,11,17H,1,10,12H2,(H,26,29). The van der Waals surface area contributed by atoms with Crippen LogP contribution in [-0.4, -0.2) is 33.7 Å². The van der Waals surface area contributed by atoms with E-state index < -0.39 is 28.7 Å². The van der Waals surface area contributed by atoms with Crippen LogP contribution in [0.4, 0.5) is 28.9 Å². The van der Waals surface area contributed by atoms with Crippen molar-refractivity contribution in [3.05, 3.63) is 72.6 Å². The molecule has 162 valence electrons. The molecule has 0 spiro atoms. The van der Waals surface area contributed by atoms with Crippen molar-refractivity contribution >= 4 is 40.1 Å². The Kier molecular flexibility index (Phi) is 6.79. The number of benzene rings is 2. The summed E-state index contributed by atoms with van der Waals surface area (Å²) in [6, 6.07) is 9.62. The van der Waals surface area contributed by atoms with Crippen LogP contribution < -0.4 is 5.32 Å². The molecule has 0 saturated carbocycles. The Labute approximate surface area is 179 Å². The van der Waals surface area contributed by atoms with Gasteiger partial charge in [0.05, 0.1) is 11.3 Å². The lowest BCUT2D eigenvalue weighted by Gasteiger charge is -2.14. The highest BCUT2D eigenvalue weighted by Gasteiger charge is 2.38. The van der Waals surface area contributed by atoms with E-state index in [1.807, 2.05) is 0 Å². The van der Waals surface area contributed by atoms with Crippen molar-refractivity contribution in [3.8, 4) is 0 Å². The number of halogens is 4. The number of anilines is 1. The maximum absolute atomic E-state index is 13.1. The number of carbonyl (C=O) groups excluding carboxylic acids is 2. The molecule has 2 aromatic rings. The van der Waals surface area contributed by atoms with Gasteiger partial charge in [0.25, 0.3) is 0 Å². The van der Waals surface area contributed by atoms with Crippen molar-refractivity contribution in [3.63, 3.8) is 0 Å². The van der Waals surface area contributed by atoms with Gasteiger partial charge in [-0.05, 0) is 42.5 Å². The molecule has 1 saturated heterocycles. The zero-order chi connectivity index (χ0) is 22.6. The van der Waals surface area contributed by atoms with E-state index in [9.17, 15) is 27.2 Å². The number of nitrogens with one attached hydrogen (secondary N) is 1. The van der Waals surface area contributed by atoms with E-state index >= 15 is 0 Å². The monoisotopic (exact) mass is 451 g/mol. The molecule has 1 heterocycles. The molecule has 2 aromatic carbocycles. The predicted octanol–water partition coefficient (Wildman–Crippen LogP) is 4.99. The summed E-state index contributed by atoms with van der Waals surface area (Å²) in [5.41, 5.74) is -0.472. The van der Waals surface area contributed by atoms with Gasteiger partial charge in [-0.15, -0.1) is 6.58 Å². The Morgan fingerprint density at radius 3 is 2.58 bits per heavy atom. The summed E-state index contributed by atoms with van der Waals surface area (Å²) in [6.45, 7) is 3.77. The molecule has 2 amide bonds. The summed E-state index contributed by atoms with van der Waals surface area (Å²) in [6.07, 6.45) is -3.28. The van der Waals surface area contributed by atoms with Crippen LogP contribution in [0.15, 0.2) is 66.2 Å². The van der Waals surface area contributed by atoms with Crippen molar-refractivity contribution in [2.24, 2.45) is 4.99 Å². The fraction of sp³-hybridized carbons (Fsp3) is 0.190. The summed E-state index contributed by atoms with van der Waals surface area (Å²) in [4.78, 5) is 30.8. The molecule has 1 fully saturated rings. The number of hydrogen-bond acceptors (Lipinski definition) is 4. The minimum Gasteiger partial charge on any atom is -0.326 e. The van der Waals surface area contributed by atoms with E-state index in [1.165, 1.54) is 47.4 Å². The van der Waals surface area contributed by atoms with Crippen LogP contribution in [0.3, 0.4) is 0 Å². The molecule has 0 aliphatic carbocycles. The van der Waals surface area contributed by atoms with Crippen molar-refractivity contribution in [2.75, 3.05) is 11.9 Å². The van der Waals surface area contributed by atoms with E-state index in [4.69, 9.17) is 0 Å². The fourth-order valence-electron chi connectivity index (χ4n) is 2.80. The first kappa shape index (κ1) is 22.5. The Morgan fingerprint density at radius 2 is 1.94 bits per heavy atom. The number of amides is 2. The second-order valence-corrected chi connectivity index (χ2v) is 7.72. The van der Waals surface area contributed by atoms with Gasteiger partial charge in [0.2, 0.25) is 11.8 Å². The van der Waals surface area contributed by atoms with Crippen molar-refractivity contribution in [1.29, 1.82) is 0 Å². The first-order valence-electron chi connectivity index (χ1n) is 9.07. The van der Waals surface area contributed by atoms with E-state index in [1.54, 1.807) is 0 Å². The minimum absolute atomic E-state index is 0.0154. The topological polar surface area (TPSA) is 61.8 Å². The van der Waals surface area contributed by atoms with Gasteiger partial charge in [0.1, 0.15) is 11.1 Å². The third-order valence-electron chi connectivity index (χ3n) is 4.23. The SMILES string of the molecule is C=CCN1C(=O)C(CC(=O)Nc2cccc(C(F)(F)F)c2)SC1=Nc1ccc(F)cc1. The molecule has 31 heavy (non-hydrogen) atoms. The summed E-state index contributed by atoms with van der Waals surface area (Å²) in [5.74, 6) is -1.40. The van der Waals surface area contributed by atoms with Gasteiger partial charge in [0.15, 0.2) is 5.17 Å². The summed E-state index contributed by atoms with van der Waals surface area (Å²) in [7, 11) is 0. The molecule has 0 aromatic heterocycles. The lowest BCUT2D eigenvalue weighted by atomic mass is 10.2. The van der Waals surface area contributed by atoms with Crippen LogP contribution in [0.25, 0.3) is 0 Å². The van der Waals surface area contributed by atoms with Crippen LogP contribution in [0.2, 0.25) is 0 Å². The Morgan fingerprint density at radius 1 is 1.23 bits per heavy atom. The Balaban J connectivity index is 1.72. The molecule has 0 bridgehead atoms. The van der Waals surface area contributed by atoms with Crippen LogP contribution in [0.5, 0.6) is 0 Å². The second-order valence-electron chi connectivity index (χ2n) is 6.55. The predicted molar refractivity (Wildman–Crippen MR) is 111 cm³/mol. The molecule has 3 rings (SSSR count). The Bertz CT molecular complexity index is 1020. The second kappa shape index (κ2) is 9.34. The molecule has 1 atom stereocenters. The lowest BCUT2D eigenvalue weighted by molar-refractivity contribution is -0.137. The molecule has 1 N–H and O–H groups in total. The maximum atomic E-state index is 13.1. The van der Waals surface area contributed by atoms with E-state index in [0.29, 0.717) is 10.9 Å². The summed E-state index contributed by atoms with van der Waals surface area (Å²) < 4.78 is 51.6. The third kappa shape index (κ3) is 5.72. The molecule has 1 aliphatic heterocycles. The number of hydrogen-bond donors (Lipinski definition) is 1. The number of thioether (sulfide) groups is 1. The van der Waals surface area contributed by atoms with Crippen LogP contribution in [0.1, 0.15) is 12.0 Å². The quantitative estimate of drug-likeness (QED) is 0.497. The third-order valence-corrected chi connectivity index (χ3v) is 5.40. The smallest absolute Gasteiger partial charge is 0.326 e. The van der Waals surface area contributed by atoms with Gasteiger partial charge >= 0.3 is 6.18 Å². The molecule has 0 radical (unpaired) electrons. The lowest BCUT2D eigenvalue weighted by Crippen LogP contribution is -2.33. The zero-order valence-corrected chi connectivity index (χ0v) is 16.8. The first-order valence-corrected chi connectivity index (χ1v) is 9.95. The van der Waals surface area contributed by atoms with E-state index in [0.717, 1.165) is 23.9 Å². The number of nitrogens with zero attached hydrogens (tertiary/aromatic N) is 2. The van der Waals surface area contributed by atoms with E-state index in [-0.39, 0.29) is 24.6 Å². The average molecular weight is 451 g/mol. The average Bonchev–Trinajstić information content (AvgIpc) is 2.98. The minimum atomic E-state index is -4.53. The zero-order valence-electron chi connectivity index (χ0n) is 16.0. The van der Waals surface area contributed by atoms with Gasteiger partial charge in [-0.1, -0.05) is 23.9 Å². The molecule has 10 heteroatoms. The van der Waals surface area contributed by atoms with Crippen LogP contribution in [-0.2, 0) is 15.8 Å². The summed E-state index contributed by atoms with van der Waals surface area (Å²) >= 11 is 1.06. The highest BCUT2D eigenvalue weighted by molar-refractivity contribution is 8.15. The van der Waals surface area contributed by atoms with Gasteiger partial charge in [-0.3, -0.25) is 14.5 Å². The molecule has 1 aliphatic rings. The molecular weight excluding hydrogens is 434 g/mol. The molecule has 5 nitrogen and oxygen atoms in total. The highest BCUT2D eigenvalue weighted by Crippen LogP contribution is 2.33. The van der Waals surface area contributed by atoms with Gasteiger partial charge < -0.3 is 5.32 Å². The Hall–Kier alpha value is -3.14. The number of amidine groups is 1. The number of aliphatic imine (C=N–C) groups is 1. The fourth-order valence-corrected chi connectivity index (χ4v) is 3.97. The van der Waals surface area contributed by atoms with Gasteiger partial charge in [-0.2, -0.15) is 13.2 Å². The first-order chi connectivity index (χ1) is 14.7. The maximum Gasteiger partial charge on any atom is 0.416 e. The van der Waals surface area contributed by atoms with Gasteiger partial charge in [-0.25, -0.2) is 9.38 Å². The van der Waals surface area contributed by atoms with Crippen molar-refractivity contribution < 1.29 is 27.2 Å². The van der Waals surface area contributed by atoms with Crippen LogP contribution >= 0.6 is 11.8 Å². The molecular formula is C21H17F4N3O2S. The van der Waals surface area contributed by atoms with Crippen LogP contribution in [0, 0.1) is 5.82 Å². The number of rotatable bonds is 6. The van der Waals surface area contributed by atoms with E-state index in [2.05, 4.69) is 16.9 Å². The van der Waals surface area contributed by atoms with Crippen molar-refractivity contribution in [2.45, 2.75) is 17.8 Å². The number of carbonyl (C=O) groups is 2.